The highest BCUT2D eigenvalue weighted by molar-refractivity contribution is 6.12. The molecule has 2 heterocycles. The van der Waals surface area contributed by atoms with Crippen molar-refractivity contribution < 1.29 is 9.59 Å². The van der Waals surface area contributed by atoms with Crippen molar-refractivity contribution in [2.24, 2.45) is 0 Å². The number of benzene rings is 1. The average Bonchev–Trinajstić information content (AvgIpc) is 3.47. The molecule has 0 unspecified atom stereocenters. The summed E-state index contributed by atoms with van der Waals surface area (Å²) in [7, 11) is 1.55. The van der Waals surface area contributed by atoms with E-state index in [1.807, 2.05) is 24.6 Å². The van der Waals surface area contributed by atoms with Gasteiger partial charge in [0.2, 0.25) is 0 Å². The van der Waals surface area contributed by atoms with Crippen molar-refractivity contribution in [1.29, 1.82) is 0 Å². The van der Waals surface area contributed by atoms with Crippen LogP contribution in [-0.2, 0) is 0 Å². The minimum atomic E-state index is -0.296. The van der Waals surface area contributed by atoms with E-state index in [9.17, 15) is 9.59 Å². The van der Waals surface area contributed by atoms with Gasteiger partial charge >= 0.3 is 6.03 Å². The van der Waals surface area contributed by atoms with Crippen LogP contribution in [0.2, 0.25) is 0 Å². The Bertz CT molecular complexity index is 1070. The minimum Gasteiger partial charge on any atom is -0.341 e. The second-order valence-electron chi connectivity index (χ2n) is 7.52. The first-order valence-corrected chi connectivity index (χ1v) is 9.74. The number of aromatic nitrogens is 3. The number of amides is 3. The molecule has 1 aromatic carbocycles. The van der Waals surface area contributed by atoms with Crippen molar-refractivity contribution in [3.63, 3.8) is 0 Å². The van der Waals surface area contributed by atoms with Gasteiger partial charge in [0.1, 0.15) is 0 Å². The van der Waals surface area contributed by atoms with Crippen LogP contribution in [0.3, 0.4) is 0 Å². The standard InChI is InChI=1S/C21H24N6O2/c1-12(2)27-19-17(11-23-27)16(10-18(26-19)13-4-5-13)20(28)24-14-6-8-15(9-7-14)25-21(29)22-3/h6-13H,4-5H2,1-3H3,(H,24,28)(H2,22,25,29). The lowest BCUT2D eigenvalue weighted by Gasteiger charge is -2.11. The summed E-state index contributed by atoms with van der Waals surface area (Å²) in [6, 6.07) is 8.73. The quantitative estimate of drug-likeness (QED) is 0.613. The first-order valence-electron chi connectivity index (χ1n) is 9.74. The molecule has 0 aliphatic heterocycles. The van der Waals surface area contributed by atoms with E-state index in [-0.39, 0.29) is 18.0 Å². The SMILES string of the molecule is CNC(=O)Nc1ccc(NC(=O)c2cc(C3CC3)nc3c2cnn3C(C)C)cc1. The predicted octanol–water partition coefficient (Wildman–Crippen LogP) is 3.89. The molecule has 29 heavy (non-hydrogen) atoms. The van der Waals surface area contributed by atoms with Crippen LogP contribution in [0, 0.1) is 0 Å². The number of nitrogens with zero attached hydrogens (tertiary/aromatic N) is 3. The Balaban J connectivity index is 1.62. The molecule has 0 saturated heterocycles. The number of nitrogens with one attached hydrogen (secondary N) is 3. The smallest absolute Gasteiger partial charge is 0.318 e. The number of pyridine rings is 1. The molecule has 8 heteroatoms. The van der Waals surface area contributed by atoms with Crippen LogP contribution in [0.1, 0.15) is 54.7 Å². The monoisotopic (exact) mass is 392 g/mol. The molecule has 1 saturated carbocycles. The zero-order valence-electron chi connectivity index (χ0n) is 16.7. The minimum absolute atomic E-state index is 0.158. The fraction of sp³-hybridized carbons (Fsp3) is 0.333. The Kier molecular flexibility index (Phi) is 4.92. The number of rotatable bonds is 5. The topological polar surface area (TPSA) is 101 Å². The summed E-state index contributed by atoms with van der Waals surface area (Å²) in [5, 5.41) is 13.3. The number of hydrogen-bond donors (Lipinski definition) is 3. The average molecular weight is 392 g/mol. The van der Waals surface area contributed by atoms with Gasteiger partial charge in [0.15, 0.2) is 5.65 Å². The molecule has 0 spiro atoms. The van der Waals surface area contributed by atoms with Crippen molar-refractivity contribution in [3.8, 4) is 0 Å². The molecule has 3 aromatic rings. The molecule has 150 valence electrons. The third kappa shape index (κ3) is 3.91. The van der Waals surface area contributed by atoms with Gasteiger partial charge in [-0.2, -0.15) is 5.10 Å². The van der Waals surface area contributed by atoms with Crippen LogP contribution in [0.4, 0.5) is 16.2 Å². The van der Waals surface area contributed by atoms with Crippen LogP contribution in [-0.4, -0.2) is 33.8 Å². The molecule has 1 aliphatic rings. The summed E-state index contributed by atoms with van der Waals surface area (Å²) in [5.41, 5.74) is 3.57. The number of urea groups is 1. The summed E-state index contributed by atoms with van der Waals surface area (Å²) < 4.78 is 1.86. The summed E-state index contributed by atoms with van der Waals surface area (Å²) in [5.74, 6) is 0.228. The van der Waals surface area contributed by atoms with Crippen LogP contribution in [0.15, 0.2) is 36.5 Å². The van der Waals surface area contributed by atoms with Gasteiger partial charge in [0, 0.05) is 36.1 Å². The molecule has 0 radical (unpaired) electrons. The molecule has 0 bridgehead atoms. The van der Waals surface area contributed by atoms with Gasteiger partial charge in [0.05, 0.1) is 17.1 Å². The van der Waals surface area contributed by atoms with E-state index in [1.54, 1.807) is 37.5 Å². The maximum absolute atomic E-state index is 13.1. The number of anilines is 2. The number of carbonyl (C=O) groups excluding carboxylic acids is 2. The number of fused-ring (bicyclic) bond motifs is 1. The molecule has 3 N–H and O–H groups in total. The van der Waals surface area contributed by atoms with Gasteiger partial charge in [-0.1, -0.05) is 0 Å². The Morgan fingerprint density at radius 2 is 1.76 bits per heavy atom. The highest BCUT2D eigenvalue weighted by atomic mass is 16.2. The van der Waals surface area contributed by atoms with Crippen LogP contribution in [0.5, 0.6) is 0 Å². The summed E-state index contributed by atoms with van der Waals surface area (Å²) in [4.78, 5) is 29.2. The number of hydrogen-bond acceptors (Lipinski definition) is 4. The van der Waals surface area contributed by atoms with E-state index in [0.717, 1.165) is 29.6 Å². The van der Waals surface area contributed by atoms with E-state index in [2.05, 4.69) is 21.0 Å². The normalized spacial score (nSPS) is 13.5. The molecule has 1 fully saturated rings. The van der Waals surface area contributed by atoms with Gasteiger partial charge in [-0.3, -0.25) is 4.79 Å². The molecule has 8 nitrogen and oxygen atoms in total. The molecule has 3 amide bonds. The maximum Gasteiger partial charge on any atom is 0.318 e. The first-order chi connectivity index (χ1) is 14.0. The van der Waals surface area contributed by atoms with Gasteiger partial charge in [-0.25, -0.2) is 14.5 Å². The third-order valence-electron chi connectivity index (χ3n) is 4.94. The Labute approximate surface area is 168 Å². The lowest BCUT2D eigenvalue weighted by atomic mass is 10.1. The highest BCUT2D eigenvalue weighted by Gasteiger charge is 2.28. The molecule has 0 atom stereocenters. The zero-order valence-corrected chi connectivity index (χ0v) is 16.7. The lowest BCUT2D eigenvalue weighted by Crippen LogP contribution is -2.24. The Morgan fingerprint density at radius 1 is 1.10 bits per heavy atom. The van der Waals surface area contributed by atoms with E-state index in [1.165, 1.54) is 0 Å². The first kappa shape index (κ1) is 18.9. The molecule has 2 aromatic heterocycles. The third-order valence-corrected chi connectivity index (χ3v) is 4.94. The predicted molar refractivity (Wildman–Crippen MR) is 112 cm³/mol. The second-order valence-corrected chi connectivity index (χ2v) is 7.52. The van der Waals surface area contributed by atoms with Gasteiger partial charge in [-0.15, -0.1) is 0 Å². The number of carbonyl (C=O) groups is 2. The summed E-state index contributed by atoms with van der Waals surface area (Å²) >= 11 is 0. The van der Waals surface area contributed by atoms with E-state index in [4.69, 9.17) is 4.98 Å². The Morgan fingerprint density at radius 3 is 2.34 bits per heavy atom. The molecular formula is C21H24N6O2. The van der Waals surface area contributed by atoms with Gasteiger partial charge < -0.3 is 16.0 Å². The van der Waals surface area contributed by atoms with E-state index in [0.29, 0.717) is 22.9 Å². The van der Waals surface area contributed by atoms with Crippen LogP contribution < -0.4 is 16.0 Å². The fourth-order valence-electron chi connectivity index (χ4n) is 3.22. The van der Waals surface area contributed by atoms with Crippen molar-refractivity contribution in [2.45, 2.75) is 38.6 Å². The van der Waals surface area contributed by atoms with E-state index >= 15 is 0 Å². The van der Waals surface area contributed by atoms with Crippen LogP contribution >= 0.6 is 0 Å². The van der Waals surface area contributed by atoms with Gasteiger partial charge in [0.25, 0.3) is 5.91 Å². The Hall–Kier alpha value is -3.42. The van der Waals surface area contributed by atoms with Crippen molar-refractivity contribution in [2.75, 3.05) is 17.7 Å². The van der Waals surface area contributed by atoms with Crippen molar-refractivity contribution in [1.82, 2.24) is 20.1 Å². The molecular weight excluding hydrogens is 368 g/mol. The van der Waals surface area contributed by atoms with E-state index < -0.39 is 0 Å². The summed E-state index contributed by atoms with van der Waals surface area (Å²) in [6.07, 6.45) is 3.93. The van der Waals surface area contributed by atoms with Crippen molar-refractivity contribution >= 4 is 34.3 Å². The zero-order chi connectivity index (χ0) is 20.5. The van der Waals surface area contributed by atoms with Gasteiger partial charge in [-0.05, 0) is 57.0 Å². The largest absolute Gasteiger partial charge is 0.341 e. The second kappa shape index (κ2) is 7.54. The fourth-order valence-corrected chi connectivity index (χ4v) is 3.22. The molecule has 4 rings (SSSR count). The van der Waals surface area contributed by atoms with Crippen molar-refractivity contribution in [3.05, 3.63) is 47.8 Å². The highest BCUT2D eigenvalue weighted by Crippen LogP contribution is 2.40. The molecule has 1 aliphatic carbocycles. The lowest BCUT2D eigenvalue weighted by molar-refractivity contribution is 0.102. The maximum atomic E-state index is 13.1. The summed E-state index contributed by atoms with van der Waals surface area (Å²) in [6.45, 7) is 4.10. The van der Waals surface area contributed by atoms with Crippen LogP contribution in [0.25, 0.3) is 11.0 Å².